The molecule has 0 amide bonds. The summed E-state index contributed by atoms with van der Waals surface area (Å²) in [6.07, 6.45) is 9.41. The molecular weight excluding hydrogens is 204 g/mol. The molecule has 1 rings (SSSR count). The minimum absolute atomic E-state index is 0.0295. The molecule has 0 spiro atoms. The largest absolute Gasteiger partial charge is 0.460 e. The molecule has 1 aliphatic rings. The minimum atomic E-state index is -0.866. The number of carbonyl (C=O) groups is 1. The van der Waals surface area contributed by atoms with Crippen LogP contribution in [0.5, 0.6) is 0 Å². The smallest absolute Gasteiger partial charge is 0.335 e. The number of aliphatic hydroxyl groups is 1. The zero-order valence-corrected chi connectivity index (χ0v) is 10.3. The first-order chi connectivity index (χ1) is 7.74. The van der Waals surface area contributed by atoms with E-state index in [2.05, 4.69) is 6.92 Å². The molecule has 3 heteroatoms. The van der Waals surface area contributed by atoms with Gasteiger partial charge in [-0.25, -0.2) is 4.79 Å². The highest BCUT2D eigenvalue weighted by Crippen LogP contribution is 2.20. The van der Waals surface area contributed by atoms with Crippen LogP contribution in [-0.4, -0.2) is 23.3 Å². The van der Waals surface area contributed by atoms with E-state index in [0.717, 1.165) is 12.8 Å². The highest BCUT2D eigenvalue weighted by molar-refractivity contribution is 5.76. The standard InChI is InChI=1S/C13H24O3/c1-2-3-4-5-6-7-8-9-11-10-12(14)13(15)16-11/h11-12,14H,2-10H2,1H3. The van der Waals surface area contributed by atoms with Crippen LogP contribution >= 0.6 is 0 Å². The lowest BCUT2D eigenvalue weighted by Crippen LogP contribution is -2.11. The number of ether oxygens (including phenoxy) is 1. The molecule has 0 aromatic rings. The number of cyclic esters (lactones) is 1. The summed E-state index contributed by atoms with van der Waals surface area (Å²) in [4.78, 5) is 10.9. The van der Waals surface area contributed by atoms with E-state index < -0.39 is 12.1 Å². The molecule has 1 aliphatic heterocycles. The van der Waals surface area contributed by atoms with Crippen molar-refractivity contribution in [2.45, 2.75) is 76.9 Å². The van der Waals surface area contributed by atoms with Gasteiger partial charge in [0.2, 0.25) is 0 Å². The van der Waals surface area contributed by atoms with Gasteiger partial charge in [-0.2, -0.15) is 0 Å². The third-order valence-electron chi connectivity index (χ3n) is 3.17. The number of aliphatic hydroxyl groups excluding tert-OH is 1. The monoisotopic (exact) mass is 228 g/mol. The van der Waals surface area contributed by atoms with Gasteiger partial charge < -0.3 is 9.84 Å². The summed E-state index contributed by atoms with van der Waals surface area (Å²) in [5.41, 5.74) is 0. The summed E-state index contributed by atoms with van der Waals surface area (Å²) >= 11 is 0. The summed E-state index contributed by atoms with van der Waals surface area (Å²) in [5.74, 6) is -0.437. The zero-order valence-electron chi connectivity index (χ0n) is 10.3. The highest BCUT2D eigenvalue weighted by Gasteiger charge is 2.31. The lowest BCUT2D eigenvalue weighted by Gasteiger charge is -2.07. The maximum atomic E-state index is 10.9. The minimum Gasteiger partial charge on any atom is -0.460 e. The number of unbranched alkanes of at least 4 members (excludes halogenated alkanes) is 6. The van der Waals surface area contributed by atoms with Gasteiger partial charge in [-0.3, -0.25) is 0 Å². The van der Waals surface area contributed by atoms with Gasteiger partial charge in [0, 0.05) is 6.42 Å². The molecule has 1 heterocycles. The van der Waals surface area contributed by atoms with Crippen molar-refractivity contribution in [1.29, 1.82) is 0 Å². The zero-order chi connectivity index (χ0) is 11.8. The van der Waals surface area contributed by atoms with Crippen LogP contribution in [-0.2, 0) is 9.53 Å². The average Bonchev–Trinajstić information content (AvgIpc) is 2.57. The van der Waals surface area contributed by atoms with Crippen molar-refractivity contribution in [3.8, 4) is 0 Å². The first-order valence-electron chi connectivity index (χ1n) is 6.62. The lowest BCUT2D eigenvalue weighted by molar-refractivity contribution is -0.147. The van der Waals surface area contributed by atoms with E-state index in [1.807, 2.05) is 0 Å². The maximum absolute atomic E-state index is 10.9. The van der Waals surface area contributed by atoms with E-state index in [-0.39, 0.29) is 6.10 Å². The van der Waals surface area contributed by atoms with Crippen LogP contribution in [0.2, 0.25) is 0 Å². The van der Waals surface area contributed by atoms with Crippen LogP contribution in [0.25, 0.3) is 0 Å². The van der Waals surface area contributed by atoms with Crippen molar-refractivity contribution in [2.75, 3.05) is 0 Å². The summed E-state index contributed by atoms with van der Waals surface area (Å²) < 4.78 is 5.03. The average molecular weight is 228 g/mol. The third kappa shape index (κ3) is 4.97. The Morgan fingerprint density at radius 2 is 1.81 bits per heavy atom. The van der Waals surface area contributed by atoms with Gasteiger partial charge in [0.25, 0.3) is 0 Å². The van der Waals surface area contributed by atoms with E-state index in [1.165, 1.54) is 38.5 Å². The molecule has 0 radical (unpaired) electrons. The summed E-state index contributed by atoms with van der Waals surface area (Å²) in [7, 11) is 0. The van der Waals surface area contributed by atoms with E-state index in [9.17, 15) is 9.90 Å². The summed E-state index contributed by atoms with van der Waals surface area (Å²) in [6.45, 7) is 2.22. The Balaban J connectivity index is 1.90. The molecule has 1 saturated heterocycles. The molecular formula is C13H24O3. The number of esters is 1. The van der Waals surface area contributed by atoms with Crippen LogP contribution in [0.15, 0.2) is 0 Å². The number of hydrogen-bond donors (Lipinski definition) is 1. The molecule has 0 aliphatic carbocycles. The Labute approximate surface area is 98.2 Å². The maximum Gasteiger partial charge on any atom is 0.335 e. The second-order valence-corrected chi connectivity index (χ2v) is 4.72. The first kappa shape index (κ1) is 13.5. The van der Waals surface area contributed by atoms with Gasteiger partial charge >= 0.3 is 5.97 Å². The number of carbonyl (C=O) groups excluding carboxylic acids is 1. The van der Waals surface area contributed by atoms with Crippen molar-refractivity contribution >= 4 is 5.97 Å². The first-order valence-corrected chi connectivity index (χ1v) is 6.62. The Morgan fingerprint density at radius 3 is 2.38 bits per heavy atom. The van der Waals surface area contributed by atoms with Crippen molar-refractivity contribution in [3.63, 3.8) is 0 Å². The molecule has 0 aromatic heterocycles. The molecule has 0 aromatic carbocycles. The molecule has 2 unspecified atom stereocenters. The quantitative estimate of drug-likeness (QED) is 0.513. The topological polar surface area (TPSA) is 46.5 Å². The number of hydrogen-bond acceptors (Lipinski definition) is 3. The molecule has 0 bridgehead atoms. The van der Waals surface area contributed by atoms with Crippen molar-refractivity contribution in [1.82, 2.24) is 0 Å². The van der Waals surface area contributed by atoms with E-state index in [4.69, 9.17) is 4.74 Å². The number of rotatable bonds is 8. The molecule has 16 heavy (non-hydrogen) atoms. The van der Waals surface area contributed by atoms with Crippen LogP contribution in [0.3, 0.4) is 0 Å². The van der Waals surface area contributed by atoms with Gasteiger partial charge in [-0.1, -0.05) is 45.4 Å². The van der Waals surface area contributed by atoms with Crippen molar-refractivity contribution < 1.29 is 14.6 Å². The fraction of sp³-hybridized carbons (Fsp3) is 0.923. The summed E-state index contributed by atoms with van der Waals surface area (Å²) in [6, 6.07) is 0. The lowest BCUT2D eigenvalue weighted by atomic mass is 10.0. The van der Waals surface area contributed by atoms with Crippen LogP contribution in [0, 0.1) is 0 Å². The second kappa shape index (κ2) is 7.66. The molecule has 94 valence electrons. The van der Waals surface area contributed by atoms with Crippen molar-refractivity contribution in [3.05, 3.63) is 0 Å². The van der Waals surface area contributed by atoms with Gasteiger partial charge in [0.15, 0.2) is 6.10 Å². The third-order valence-corrected chi connectivity index (χ3v) is 3.17. The Morgan fingerprint density at radius 1 is 1.19 bits per heavy atom. The van der Waals surface area contributed by atoms with Gasteiger partial charge in [0.05, 0.1) is 0 Å². The van der Waals surface area contributed by atoms with E-state index >= 15 is 0 Å². The fourth-order valence-corrected chi connectivity index (χ4v) is 2.14. The van der Waals surface area contributed by atoms with Gasteiger partial charge in [0.1, 0.15) is 6.10 Å². The Bertz CT molecular complexity index is 203. The normalized spacial score (nSPS) is 24.8. The predicted octanol–water partition coefficient (Wildman–Crippen LogP) is 2.80. The van der Waals surface area contributed by atoms with Crippen LogP contribution in [0.1, 0.15) is 64.7 Å². The second-order valence-electron chi connectivity index (χ2n) is 4.72. The van der Waals surface area contributed by atoms with E-state index in [1.54, 1.807) is 0 Å². The van der Waals surface area contributed by atoms with Gasteiger partial charge in [-0.15, -0.1) is 0 Å². The predicted molar refractivity (Wildman–Crippen MR) is 63.1 cm³/mol. The Hall–Kier alpha value is -0.570. The molecule has 3 nitrogen and oxygen atoms in total. The Kier molecular flexibility index (Phi) is 6.46. The van der Waals surface area contributed by atoms with Crippen LogP contribution < -0.4 is 0 Å². The summed E-state index contributed by atoms with van der Waals surface area (Å²) in [5, 5.41) is 9.19. The van der Waals surface area contributed by atoms with E-state index in [0.29, 0.717) is 6.42 Å². The van der Waals surface area contributed by atoms with Gasteiger partial charge in [-0.05, 0) is 12.8 Å². The molecule has 1 N–H and O–H groups in total. The molecule has 1 fully saturated rings. The SMILES string of the molecule is CCCCCCCCCC1CC(O)C(=O)O1. The highest BCUT2D eigenvalue weighted by atomic mass is 16.6. The van der Waals surface area contributed by atoms with Crippen molar-refractivity contribution in [2.24, 2.45) is 0 Å². The molecule has 0 saturated carbocycles. The molecule has 2 atom stereocenters. The van der Waals surface area contributed by atoms with Crippen LogP contribution in [0.4, 0.5) is 0 Å². The fourth-order valence-electron chi connectivity index (χ4n) is 2.14.